The van der Waals surface area contributed by atoms with Gasteiger partial charge in [-0.05, 0) is 48.6 Å². The number of halogens is 1. The maximum absolute atomic E-state index is 13.1. The minimum atomic E-state index is -3.72. The summed E-state index contributed by atoms with van der Waals surface area (Å²) in [6.45, 7) is 1.07. The van der Waals surface area contributed by atoms with E-state index in [2.05, 4.69) is 5.32 Å². The van der Waals surface area contributed by atoms with E-state index in [9.17, 15) is 13.2 Å². The summed E-state index contributed by atoms with van der Waals surface area (Å²) in [5, 5.41) is 3.80. The molecule has 1 saturated carbocycles. The van der Waals surface area contributed by atoms with Gasteiger partial charge in [-0.1, -0.05) is 23.7 Å². The molecule has 1 unspecified atom stereocenters. The molecule has 0 spiro atoms. The van der Waals surface area contributed by atoms with E-state index >= 15 is 0 Å². The third kappa shape index (κ3) is 5.20. The highest BCUT2D eigenvalue weighted by atomic mass is 35.5. The molecule has 0 aromatic heterocycles. The predicted molar refractivity (Wildman–Crippen MR) is 125 cm³/mol. The van der Waals surface area contributed by atoms with Crippen molar-refractivity contribution in [3.05, 3.63) is 53.1 Å². The minimum Gasteiger partial charge on any atom is -0.493 e. The van der Waals surface area contributed by atoms with Gasteiger partial charge in [0.15, 0.2) is 11.5 Å². The Labute approximate surface area is 199 Å². The molecule has 4 rings (SSSR count). The Morgan fingerprint density at radius 2 is 1.64 bits per heavy atom. The van der Waals surface area contributed by atoms with Crippen molar-refractivity contribution in [1.82, 2.24) is 14.5 Å². The van der Waals surface area contributed by atoms with Crippen LogP contribution >= 0.6 is 11.6 Å². The molecule has 0 radical (unpaired) electrons. The molecular formula is C23H28ClN3O5S. The van der Waals surface area contributed by atoms with Crippen LogP contribution in [0.5, 0.6) is 11.5 Å². The van der Waals surface area contributed by atoms with E-state index in [1.54, 1.807) is 11.0 Å². The molecule has 178 valence electrons. The van der Waals surface area contributed by atoms with Gasteiger partial charge in [-0.3, -0.25) is 0 Å². The van der Waals surface area contributed by atoms with Gasteiger partial charge in [0.1, 0.15) is 0 Å². The number of hydrogen-bond acceptors (Lipinski definition) is 5. The van der Waals surface area contributed by atoms with Crippen molar-refractivity contribution in [2.24, 2.45) is 5.92 Å². The van der Waals surface area contributed by atoms with E-state index < -0.39 is 10.0 Å². The number of carbonyl (C=O) groups excluding carboxylic acids is 1. The van der Waals surface area contributed by atoms with Crippen molar-refractivity contribution >= 4 is 27.7 Å². The van der Waals surface area contributed by atoms with Gasteiger partial charge in [0.2, 0.25) is 10.0 Å². The molecule has 2 aromatic carbocycles. The summed E-state index contributed by atoms with van der Waals surface area (Å²) >= 11 is 6.00. The van der Waals surface area contributed by atoms with Crippen LogP contribution in [0.4, 0.5) is 4.79 Å². The Hall–Kier alpha value is -2.49. The third-order valence-electron chi connectivity index (χ3n) is 6.12. The van der Waals surface area contributed by atoms with Gasteiger partial charge in [0.25, 0.3) is 0 Å². The molecule has 0 bridgehead atoms. The lowest BCUT2D eigenvalue weighted by Gasteiger charge is -2.35. The van der Waals surface area contributed by atoms with Crippen molar-refractivity contribution in [2.75, 3.05) is 40.4 Å². The Balaban J connectivity index is 1.39. The molecule has 1 heterocycles. The summed E-state index contributed by atoms with van der Waals surface area (Å²) in [5.41, 5.74) is 1.03. The topological polar surface area (TPSA) is 88.2 Å². The molecule has 2 amide bonds. The average molecular weight is 494 g/mol. The predicted octanol–water partition coefficient (Wildman–Crippen LogP) is 3.52. The molecule has 1 N–H and O–H groups in total. The second-order valence-electron chi connectivity index (χ2n) is 8.22. The van der Waals surface area contributed by atoms with Crippen LogP contribution in [0, 0.1) is 5.92 Å². The number of benzene rings is 2. The molecule has 1 atom stereocenters. The Bertz CT molecular complexity index is 1100. The second-order valence-corrected chi connectivity index (χ2v) is 10.6. The molecule has 33 heavy (non-hydrogen) atoms. The zero-order chi connectivity index (χ0) is 23.6. The SMILES string of the molecule is COc1ccc(S(=O)(=O)N2CCN(C(=O)NC(c3ccc(Cl)cc3)C3CC3)CC2)cc1OC. The lowest BCUT2D eigenvalue weighted by atomic mass is 10.0. The fraction of sp³-hybridized carbons (Fsp3) is 0.435. The lowest BCUT2D eigenvalue weighted by molar-refractivity contribution is 0.167. The summed E-state index contributed by atoms with van der Waals surface area (Å²) in [7, 11) is -0.755. The molecule has 2 fully saturated rings. The van der Waals surface area contributed by atoms with Crippen LogP contribution in [0.2, 0.25) is 5.02 Å². The number of methoxy groups -OCH3 is 2. The molecule has 8 nitrogen and oxygen atoms in total. The largest absolute Gasteiger partial charge is 0.493 e. The molecule has 1 aliphatic heterocycles. The van der Waals surface area contributed by atoms with Crippen LogP contribution in [0.3, 0.4) is 0 Å². The van der Waals surface area contributed by atoms with Gasteiger partial charge < -0.3 is 19.7 Å². The van der Waals surface area contributed by atoms with E-state index in [-0.39, 0.29) is 30.1 Å². The van der Waals surface area contributed by atoms with Crippen LogP contribution in [-0.4, -0.2) is 64.1 Å². The number of nitrogens with one attached hydrogen (secondary N) is 1. The smallest absolute Gasteiger partial charge is 0.317 e. The molecule has 1 saturated heterocycles. The number of carbonyl (C=O) groups is 1. The summed E-state index contributed by atoms with van der Waals surface area (Å²) < 4.78 is 38.1. The highest BCUT2D eigenvalue weighted by Gasteiger charge is 2.36. The second kappa shape index (κ2) is 9.79. The van der Waals surface area contributed by atoms with Crippen molar-refractivity contribution in [3.8, 4) is 11.5 Å². The zero-order valence-electron chi connectivity index (χ0n) is 18.7. The van der Waals surface area contributed by atoms with Gasteiger partial charge in [-0.15, -0.1) is 0 Å². The normalized spacial score (nSPS) is 18.0. The van der Waals surface area contributed by atoms with Crippen molar-refractivity contribution in [2.45, 2.75) is 23.8 Å². The third-order valence-corrected chi connectivity index (χ3v) is 8.27. The number of nitrogens with zero attached hydrogens (tertiary/aromatic N) is 2. The first-order valence-corrected chi connectivity index (χ1v) is 12.7. The summed E-state index contributed by atoms with van der Waals surface area (Å²) in [6, 6.07) is 11.8. The number of rotatable bonds is 7. The van der Waals surface area contributed by atoms with Crippen LogP contribution < -0.4 is 14.8 Å². The average Bonchev–Trinajstić information content (AvgIpc) is 3.68. The Morgan fingerprint density at radius 1 is 1.00 bits per heavy atom. The maximum atomic E-state index is 13.1. The van der Waals surface area contributed by atoms with Crippen LogP contribution in [0.1, 0.15) is 24.4 Å². The van der Waals surface area contributed by atoms with Gasteiger partial charge in [0.05, 0.1) is 25.2 Å². The van der Waals surface area contributed by atoms with E-state index in [0.29, 0.717) is 35.5 Å². The van der Waals surface area contributed by atoms with Crippen LogP contribution in [0.15, 0.2) is 47.4 Å². The number of sulfonamides is 1. The monoisotopic (exact) mass is 493 g/mol. The van der Waals surface area contributed by atoms with Crippen molar-refractivity contribution < 1.29 is 22.7 Å². The number of piperazine rings is 1. The maximum Gasteiger partial charge on any atom is 0.317 e. The lowest BCUT2D eigenvalue weighted by Crippen LogP contribution is -2.53. The van der Waals surface area contributed by atoms with Crippen molar-refractivity contribution in [3.63, 3.8) is 0 Å². The first-order valence-electron chi connectivity index (χ1n) is 10.9. The van der Waals surface area contributed by atoms with Gasteiger partial charge in [-0.2, -0.15) is 4.31 Å². The number of urea groups is 1. The molecule has 10 heteroatoms. The summed E-state index contributed by atoms with van der Waals surface area (Å²) in [6.07, 6.45) is 2.15. The van der Waals surface area contributed by atoms with E-state index in [4.69, 9.17) is 21.1 Å². The van der Waals surface area contributed by atoms with E-state index in [0.717, 1.165) is 18.4 Å². The van der Waals surface area contributed by atoms with Crippen molar-refractivity contribution in [1.29, 1.82) is 0 Å². The van der Waals surface area contributed by atoms with Gasteiger partial charge in [0, 0.05) is 37.3 Å². The first-order chi connectivity index (χ1) is 15.8. The standard InChI is InChI=1S/C23H28ClN3O5S/c1-31-20-10-9-19(15-21(20)32-2)33(29,30)27-13-11-26(12-14-27)23(28)25-22(16-3-4-16)17-5-7-18(24)8-6-17/h5-10,15-16,22H,3-4,11-14H2,1-2H3,(H,25,28). The van der Waals surface area contributed by atoms with Gasteiger partial charge in [-0.25, -0.2) is 13.2 Å². The summed E-state index contributed by atoms with van der Waals surface area (Å²) in [4.78, 5) is 14.8. The molecule has 2 aliphatic rings. The number of ether oxygens (including phenoxy) is 2. The van der Waals surface area contributed by atoms with Gasteiger partial charge >= 0.3 is 6.03 Å². The van der Waals surface area contributed by atoms with E-state index in [1.807, 2.05) is 24.3 Å². The number of hydrogen-bond donors (Lipinski definition) is 1. The molecule has 2 aromatic rings. The minimum absolute atomic E-state index is 0.0664. The van der Waals surface area contributed by atoms with Crippen LogP contribution in [0.25, 0.3) is 0 Å². The fourth-order valence-corrected chi connectivity index (χ4v) is 5.62. The fourth-order valence-electron chi connectivity index (χ4n) is 4.05. The zero-order valence-corrected chi connectivity index (χ0v) is 20.2. The Morgan fingerprint density at radius 3 is 2.21 bits per heavy atom. The first kappa shape index (κ1) is 23.7. The highest BCUT2D eigenvalue weighted by molar-refractivity contribution is 7.89. The van der Waals surface area contributed by atoms with E-state index in [1.165, 1.54) is 30.7 Å². The quantitative estimate of drug-likeness (QED) is 0.637. The number of amides is 2. The Kier molecular flexibility index (Phi) is 7.02. The molecule has 1 aliphatic carbocycles. The van der Waals surface area contributed by atoms with Crippen LogP contribution in [-0.2, 0) is 10.0 Å². The summed E-state index contributed by atoms with van der Waals surface area (Å²) in [5.74, 6) is 1.23. The highest BCUT2D eigenvalue weighted by Crippen LogP contribution is 2.41. The molecular weight excluding hydrogens is 466 g/mol.